The average Bonchev–Trinajstić information content (AvgIpc) is 3.60. The summed E-state index contributed by atoms with van der Waals surface area (Å²) in [5.41, 5.74) is 9.21. The van der Waals surface area contributed by atoms with Gasteiger partial charge in [-0.1, -0.05) is 78.9 Å². The number of hydrogen-bond donors (Lipinski definition) is 0. The Labute approximate surface area is 225 Å². The lowest BCUT2D eigenvalue weighted by Gasteiger charge is -2.12. The van der Waals surface area contributed by atoms with Crippen LogP contribution in [0.4, 0.5) is 0 Å². The van der Waals surface area contributed by atoms with Gasteiger partial charge in [0.1, 0.15) is 11.3 Å². The zero-order valence-corrected chi connectivity index (χ0v) is 21.8. The minimum atomic E-state index is 0.921. The molecule has 0 atom stereocenters. The van der Waals surface area contributed by atoms with Crippen LogP contribution in [0, 0.1) is 6.92 Å². The Bertz CT molecular complexity index is 2200. The van der Waals surface area contributed by atoms with Gasteiger partial charge < -0.3 is 13.6 Å². The SMILES string of the molecule is C/C(=C\c1c(C)oc2ccccc12)n1c2ccccc2c2c(-n3c4ccccc4c4ccccc43)cccc21. The molecule has 0 saturated carbocycles. The van der Waals surface area contributed by atoms with Crippen LogP contribution in [0.1, 0.15) is 18.2 Å². The molecule has 0 N–H and O–H groups in total. The second-order valence-electron chi connectivity index (χ2n) is 10.2. The number of allylic oxidation sites excluding steroid dienone is 1. The van der Waals surface area contributed by atoms with Gasteiger partial charge in [-0.25, -0.2) is 0 Å². The molecule has 0 radical (unpaired) electrons. The van der Waals surface area contributed by atoms with E-state index in [4.69, 9.17) is 4.42 Å². The summed E-state index contributed by atoms with van der Waals surface area (Å²) < 4.78 is 10.9. The van der Waals surface area contributed by atoms with Crippen molar-refractivity contribution in [1.29, 1.82) is 0 Å². The molecule has 0 amide bonds. The molecule has 8 aromatic rings. The number of hydrogen-bond acceptors (Lipinski definition) is 1. The van der Waals surface area contributed by atoms with Crippen molar-refractivity contribution < 1.29 is 4.42 Å². The molecule has 0 aliphatic heterocycles. The van der Waals surface area contributed by atoms with Crippen molar-refractivity contribution in [3.05, 3.63) is 127 Å². The lowest BCUT2D eigenvalue weighted by atomic mass is 10.1. The highest BCUT2D eigenvalue weighted by Crippen LogP contribution is 2.40. The van der Waals surface area contributed by atoms with Crippen LogP contribution in [0.5, 0.6) is 0 Å². The van der Waals surface area contributed by atoms with E-state index in [-0.39, 0.29) is 0 Å². The molecule has 3 nitrogen and oxygen atoms in total. The van der Waals surface area contributed by atoms with Crippen LogP contribution in [0.15, 0.2) is 120 Å². The summed E-state index contributed by atoms with van der Waals surface area (Å²) in [5, 5.41) is 6.17. The van der Waals surface area contributed by atoms with E-state index in [1.807, 2.05) is 19.1 Å². The summed E-state index contributed by atoms with van der Waals surface area (Å²) in [6.45, 7) is 4.24. The highest BCUT2D eigenvalue weighted by atomic mass is 16.3. The maximum Gasteiger partial charge on any atom is 0.134 e. The number of nitrogens with zero attached hydrogens (tertiary/aromatic N) is 2. The number of aromatic nitrogens is 2. The first-order chi connectivity index (χ1) is 19.2. The van der Waals surface area contributed by atoms with Crippen LogP contribution < -0.4 is 0 Å². The smallest absolute Gasteiger partial charge is 0.134 e. The van der Waals surface area contributed by atoms with Gasteiger partial charge in [-0.2, -0.15) is 0 Å². The van der Waals surface area contributed by atoms with Crippen molar-refractivity contribution in [3.8, 4) is 5.69 Å². The van der Waals surface area contributed by atoms with Crippen LogP contribution in [0.2, 0.25) is 0 Å². The first-order valence-electron chi connectivity index (χ1n) is 13.4. The number of benzene rings is 5. The third-order valence-electron chi connectivity index (χ3n) is 8.02. The van der Waals surface area contributed by atoms with Crippen molar-refractivity contribution >= 4 is 66.4 Å². The molecule has 3 heterocycles. The predicted molar refractivity (Wildman–Crippen MR) is 165 cm³/mol. The van der Waals surface area contributed by atoms with Crippen LogP contribution >= 0.6 is 0 Å². The average molecular weight is 503 g/mol. The molecular formula is C36H26N2O. The summed E-state index contributed by atoms with van der Waals surface area (Å²) in [4.78, 5) is 0. The van der Waals surface area contributed by atoms with Crippen LogP contribution in [-0.2, 0) is 0 Å². The van der Waals surface area contributed by atoms with Gasteiger partial charge in [0.05, 0.1) is 27.8 Å². The van der Waals surface area contributed by atoms with Gasteiger partial charge in [0.2, 0.25) is 0 Å². The van der Waals surface area contributed by atoms with E-state index in [9.17, 15) is 0 Å². The van der Waals surface area contributed by atoms with E-state index in [2.05, 4.69) is 125 Å². The van der Waals surface area contributed by atoms with E-state index in [0.29, 0.717) is 0 Å². The Morgan fingerprint density at radius 3 is 1.87 bits per heavy atom. The highest BCUT2D eigenvalue weighted by molar-refractivity contribution is 6.17. The fourth-order valence-electron chi connectivity index (χ4n) is 6.39. The second-order valence-corrected chi connectivity index (χ2v) is 10.2. The monoisotopic (exact) mass is 502 g/mol. The maximum absolute atomic E-state index is 6.08. The zero-order valence-electron chi connectivity index (χ0n) is 21.8. The zero-order chi connectivity index (χ0) is 26.1. The molecule has 0 fully saturated rings. The van der Waals surface area contributed by atoms with Gasteiger partial charge in [0, 0.05) is 38.2 Å². The van der Waals surface area contributed by atoms with E-state index in [1.165, 1.54) is 49.3 Å². The number of fused-ring (bicyclic) bond motifs is 7. The van der Waals surface area contributed by atoms with Gasteiger partial charge in [0.25, 0.3) is 0 Å². The Hall–Kier alpha value is -5.02. The van der Waals surface area contributed by atoms with Crippen LogP contribution in [-0.4, -0.2) is 9.13 Å². The summed E-state index contributed by atoms with van der Waals surface area (Å²) in [6, 6.07) is 41.1. The Morgan fingerprint density at radius 1 is 0.590 bits per heavy atom. The summed E-state index contributed by atoms with van der Waals surface area (Å²) in [7, 11) is 0. The Kier molecular flexibility index (Phi) is 4.65. The van der Waals surface area contributed by atoms with E-state index in [1.54, 1.807) is 0 Å². The molecule has 0 aliphatic carbocycles. The fourth-order valence-corrected chi connectivity index (χ4v) is 6.39. The Balaban J connectivity index is 1.47. The molecule has 39 heavy (non-hydrogen) atoms. The molecule has 0 spiro atoms. The van der Waals surface area contributed by atoms with Gasteiger partial charge in [0.15, 0.2) is 0 Å². The van der Waals surface area contributed by atoms with Crippen molar-refractivity contribution in [1.82, 2.24) is 9.13 Å². The van der Waals surface area contributed by atoms with Gasteiger partial charge >= 0.3 is 0 Å². The van der Waals surface area contributed by atoms with Gasteiger partial charge in [-0.3, -0.25) is 0 Å². The number of aryl methyl sites for hydroxylation is 1. The summed E-state index contributed by atoms with van der Waals surface area (Å²) in [5.74, 6) is 0.933. The lowest BCUT2D eigenvalue weighted by molar-refractivity contribution is 0.577. The summed E-state index contributed by atoms with van der Waals surface area (Å²) in [6.07, 6.45) is 2.26. The van der Waals surface area contributed by atoms with Crippen molar-refractivity contribution in [2.45, 2.75) is 13.8 Å². The van der Waals surface area contributed by atoms with E-state index < -0.39 is 0 Å². The molecular weight excluding hydrogens is 476 g/mol. The molecule has 8 rings (SSSR count). The molecule has 3 heteroatoms. The molecule has 0 saturated heterocycles. The minimum absolute atomic E-state index is 0.921. The topological polar surface area (TPSA) is 23.0 Å². The first-order valence-corrected chi connectivity index (χ1v) is 13.4. The Morgan fingerprint density at radius 2 is 1.15 bits per heavy atom. The first kappa shape index (κ1) is 22.0. The molecule has 186 valence electrons. The molecule has 3 aromatic heterocycles. The van der Waals surface area contributed by atoms with Crippen LogP contribution in [0.3, 0.4) is 0 Å². The third kappa shape index (κ3) is 3.10. The molecule has 0 bridgehead atoms. The normalized spacial score (nSPS) is 12.5. The van der Waals surface area contributed by atoms with E-state index >= 15 is 0 Å². The quantitative estimate of drug-likeness (QED) is 0.236. The molecule has 0 unspecified atom stereocenters. The highest BCUT2D eigenvalue weighted by Gasteiger charge is 2.19. The summed E-state index contributed by atoms with van der Waals surface area (Å²) >= 11 is 0. The van der Waals surface area contributed by atoms with Gasteiger partial charge in [-0.05, 0) is 56.3 Å². The largest absolute Gasteiger partial charge is 0.461 e. The van der Waals surface area contributed by atoms with Crippen molar-refractivity contribution in [3.63, 3.8) is 0 Å². The lowest BCUT2D eigenvalue weighted by Crippen LogP contribution is -1.96. The molecule has 5 aromatic carbocycles. The van der Waals surface area contributed by atoms with Crippen molar-refractivity contribution in [2.24, 2.45) is 0 Å². The minimum Gasteiger partial charge on any atom is -0.461 e. The van der Waals surface area contributed by atoms with Crippen molar-refractivity contribution in [2.75, 3.05) is 0 Å². The van der Waals surface area contributed by atoms with E-state index in [0.717, 1.165) is 28.0 Å². The standard InChI is InChI=1S/C36H26N2O/c1-23(22-29-24(2)39-35-21-10-6-14-27(29)35)37-32-18-9-5-15-28(32)36-33(37)19-11-20-34(36)38-30-16-7-3-12-25(30)26-13-4-8-17-31(26)38/h3-22H,1-2H3/b23-22+. The van der Waals surface area contributed by atoms with Gasteiger partial charge in [-0.15, -0.1) is 0 Å². The maximum atomic E-state index is 6.08. The number of furan rings is 1. The van der Waals surface area contributed by atoms with Crippen LogP contribution in [0.25, 0.3) is 72.0 Å². The third-order valence-corrected chi connectivity index (χ3v) is 8.02. The molecule has 0 aliphatic rings. The second kappa shape index (κ2) is 8.24. The fraction of sp³-hybridized carbons (Fsp3) is 0.0556. The number of para-hydroxylation sites is 4. The number of rotatable bonds is 3. The predicted octanol–water partition coefficient (Wildman–Crippen LogP) is 9.96.